The Kier molecular flexibility index (Phi) is 2.76. The second-order valence-corrected chi connectivity index (χ2v) is 5.67. The third-order valence-corrected chi connectivity index (χ3v) is 4.15. The van der Waals surface area contributed by atoms with Crippen molar-refractivity contribution in [2.75, 3.05) is 0 Å². The lowest BCUT2D eigenvalue weighted by Gasteiger charge is -2.09. The van der Waals surface area contributed by atoms with Crippen LogP contribution in [-0.4, -0.2) is 13.7 Å². The standard InChI is InChI=1S/C10H13O2S/c1-8(2)13(11,12)10-7-5-4-6-9(10)3/h4-8H,3H2,1-2H3. The molecule has 0 fully saturated rings. The molecule has 0 N–H and O–H groups in total. The van der Waals surface area contributed by atoms with Crippen LogP contribution in [0.2, 0.25) is 0 Å². The maximum absolute atomic E-state index is 11.7. The molecule has 1 rings (SSSR count). The van der Waals surface area contributed by atoms with E-state index in [0.29, 0.717) is 10.5 Å². The van der Waals surface area contributed by atoms with Gasteiger partial charge in [0.25, 0.3) is 0 Å². The predicted molar refractivity (Wildman–Crippen MR) is 53.2 cm³/mol. The zero-order valence-corrected chi connectivity index (χ0v) is 8.64. The van der Waals surface area contributed by atoms with E-state index in [1.54, 1.807) is 38.1 Å². The summed E-state index contributed by atoms with van der Waals surface area (Å²) in [7, 11) is -3.17. The first kappa shape index (κ1) is 10.3. The van der Waals surface area contributed by atoms with Crippen LogP contribution >= 0.6 is 0 Å². The third-order valence-electron chi connectivity index (χ3n) is 1.90. The highest BCUT2D eigenvalue weighted by atomic mass is 32.2. The lowest BCUT2D eigenvalue weighted by atomic mass is 10.2. The molecule has 0 saturated heterocycles. The molecule has 0 heterocycles. The monoisotopic (exact) mass is 197 g/mol. The van der Waals surface area contributed by atoms with Gasteiger partial charge in [-0.2, -0.15) is 0 Å². The summed E-state index contributed by atoms with van der Waals surface area (Å²) < 4.78 is 23.4. The van der Waals surface area contributed by atoms with Gasteiger partial charge in [-0.05, 0) is 32.4 Å². The fourth-order valence-corrected chi connectivity index (χ4v) is 2.24. The van der Waals surface area contributed by atoms with Crippen LogP contribution in [0.1, 0.15) is 19.4 Å². The summed E-state index contributed by atoms with van der Waals surface area (Å²) in [6.45, 7) is 7.03. The Hall–Kier alpha value is -0.830. The molecule has 2 nitrogen and oxygen atoms in total. The van der Waals surface area contributed by atoms with Crippen molar-refractivity contribution in [3.05, 3.63) is 36.8 Å². The Morgan fingerprint density at radius 1 is 1.23 bits per heavy atom. The van der Waals surface area contributed by atoms with Crippen LogP contribution < -0.4 is 0 Å². The number of sulfone groups is 1. The molecule has 0 aromatic heterocycles. The van der Waals surface area contributed by atoms with E-state index >= 15 is 0 Å². The van der Waals surface area contributed by atoms with E-state index in [2.05, 4.69) is 6.92 Å². The van der Waals surface area contributed by atoms with E-state index in [-0.39, 0.29) is 0 Å². The molecule has 0 atom stereocenters. The van der Waals surface area contributed by atoms with Crippen molar-refractivity contribution >= 4 is 9.84 Å². The fourth-order valence-electron chi connectivity index (χ4n) is 1.04. The normalized spacial score (nSPS) is 12.0. The van der Waals surface area contributed by atoms with Crippen molar-refractivity contribution in [1.29, 1.82) is 0 Å². The van der Waals surface area contributed by atoms with Crippen molar-refractivity contribution in [3.63, 3.8) is 0 Å². The average Bonchev–Trinajstić information content (AvgIpc) is 2.04. The number of hydrogen-bond donors (Lipinski definition) is 0. The molecule has 13 heavy (non-hydrogen) atoms. The van der Waals surface area contributed by atoms with E-state index < -0.39 is 15.1 Å². The van der Waals surface area contributed by atoms with Crippen LogP contribution in [0, 0.1) is 6.92 Å². The number of hydrogen-bond acceptors (Lipinski definition) is 2. The second kappa shape index (κ2) is 3.50. The average molecular weight is 197 g/mol. The van der Waals surface area contributed by atoms with Gasteiger partial charge in [-0.1, -0.05) is 18.2 Å². The van der Waals surface area contributed by atoms with Gasteiger partial charge in [0, 0.05) is 0 Å². The molecule has 0 saturated carbocycles. The van der Waals surface area contributed by atoms with Crippen LogP contribution in [0.25, 0.3) is 0 Å². The molecule has 0 amide bonds. The van der Waals surface area contributed by atoms with Gasteiger partial charge < -0.3 is 0 Å². The Balaban J connectivity index is 3.32. The first-order valence-corrected chi connectivity index (χ1v) is 5.66. The van der Waals surface area contributed by atoms with Gasteiger partial charge in [-0.3, -0.25) is 0 Å². The molecule has 0 aliphatic rings. The quantitative estimate of drug-likeness (QED) is 0.727. The largest absolute Gasteiger partial charge is 0.223 e. The minimum atomic E-state index is -3.17. The minimum absolute atomic E-state index is 0.338. The van der Waals surface area contributed by atoms with Crippen molar-refractivity contribution in [1.82, 2.24) is 0 Å². The van der Waals surface area contributed by atoms with E-state index in [9.17, 15) is 8.42 Å². The van der Waals surface area contributed by atoms with Crippen LogP contribution in [0.5, 0.6) is 0 Å². The maximum atomic E-state index is 11.7. The second-order valence-electron chi connectivity index (χ2n) is 3.20. The molecule has 0 unspecified atom stereocenters. The van der Waals surface area contributed by atoms with Gasteiger partial charge >= 0.3 is 0 Å². The van der Waals surface area contributed by atoms with Gasteiger partial charge in [-0.25, -0.2) is 8.42 Å². The van der Waals surface area contributed by atoms with E-state index in [0.717, 1.165) is 0 Å². The smallest absolute Gasteiger partial charge is 0.180 e. The highest BCUT2D eigenvalue weighted by molar-refractivity contribution is 7.92. The predicted octanol–water partition coefficient (Wildman–Crippen LogP) is 2.05. The zero-order chi connectivity index (χ0) is 10.1. The Bertz CT molecular complexity index is 391. The number of rotatable bonds is 2. The summed E-state index contributed by atoms with van der Waals surface area (Å²) in [5.74, 6) is 0. The molecule has 0 aliphatic heterocycles. The molecular weight excluding hydrogens is 184 g/mol. The van der Waals surface area contributed by atoms with Crippen LogP contribution in [0.3, 0.4) is 0 Å². The summed E-state index contributed by atoms with van der Waals surface area (Å²) in [6.07, 6.45) is 0. The lowest BCUT2D eigenvalue weighted by molar-refractivity contribution is 0.587. The van der Waals surface area contributed by atoms with Crippen molar-refractivity contribution < 1.29 is 8.42 Å². The van der Waals surface area contributed by atoms with Crippen molar-refractivity contribution in [3.8, 4) is 0 Å². The van der Waals surface area contributed by atoms with Gasteiger partial charge in [0.15, 0.2) is 9.84 Å². The summed E-state index contributed by atoms with van der Waals surface area (Å²) in [6, 6.07) is 6.79. The van der Waals surface area contributed by atoms with Crippen LogP contribution in [-0.2, 0) is 9.84 Å². The summed E-state index contributed by atoms with van der Waals surface area (Å²) in [5, 5.41) is -0.393. The molecular formula is C10H13O2S. The number of benzene rings is 1. The summed E-state index contributed by atoms with van der Waals surface area (Å²) >= 11 is 0. The molecule has 1 radical (unpaired) electrons. The molecule has 0 bridgehead atoms. The lowest BCUT2D eigenvalue weighted by Crippen LogP contribution is -2.14. The van der Waals surface area contributed by atoms with E-state index in [1.807, 2.05) is 0 Å². The Morgan fingerprint density at radius 2 is 1.77 bits per heavy atom. The summed E-state index contributed by atoms with van der Waals surface area (Å²) in [5.41, 5.74) is 0.566. The topological polar surface area (TPSA) is 34.1 Å². The Morgan fingerprint density at radius 3 is 2.23 bits per heavy atom. The fraction of sp³-hybridized carbons (Fsp3) is 0.300. The van der Waals surface area contributed by atoms with Crippen molar-refractivity contribution in [2.24, 2.45) is 0 Å². The van der Waals surface area contributed by atoms with Crippen LogP contribution in [0.15, 0.2) is 29.2 Å². The molecule has 3 heteroatoms. The van der Waals surface area contributed by atoms with Gasteiger partial charge in [0.05, 0.1) is 10.1 Å². The Labute approximate surface area is 79.5 Å². The van der Waals surface area contributed by atoms with E-state index in [1.165, 1.54) is 0 Å². The van der Waals surface area contributed by atoms with Gasteiger partial charge in [-0.15, -0.1) is 0 Å². The first-order valence-electron chi connectivity index (χ1n) is 4.11. The molecule has 0 spiro atoms. The molecule has 71 valence electrons. The zero-order valence-electron chi connectivity index (χ0n) is 7.82. The summed E-state index contributed by atoms with van der Waals surface area (Å²) in [4.78, 5) is 0.338. The highest BCUT2D eigenvalue weighted by Crippen LogP contribution is 2.19. The minimum Gasteiger partial charge on any atom is -0.223 e. The SMILES string of the molecule is [CH2]c1ccccc1S(=O)(=O)C(C)C. The third kappa shape index (κ3) is 1.91. The maximum Gasteiger partial charge on any atom is 0.180 e. The first-order chi connectivity index (χ1) is 5.96. The molecule has 1 aromatic rings. The van der Waals surface area contributed by atoms with Gasteiger partial charge in [0.2, 0.25) is 0 Å². The molecule has 0 aliphatic carbocycles. The van der Waals surface area contributed by atoms with Gasteiger partial charge in [0.1, 0.15) is 0 Å². The highest BCUT2D eigenvalue weighted by Gasteiger charge is 2.20. The molecule has 1 aromatic carbocycles. The van der Waals surface area contributed by atoms with Crippen LogP contribution in [0.4, 0.5) is 0 Å². The van der Waals surface area contributed by atoms with Crippen molar-refractivity contribution in [2.45, 2.75) is 24.0 Å². The van der Waals surface area contributed by atoms with E-state index in [4.69, 9.17) is 0 Å².